The molecule has 0 radical (unpaired) electrons. The van der Waals surface area contributed by atoms with Crippen LogP contribution in [0.1, 0.15) is 0 Å². The van der Waals surface area contributed by atoms with Crippen LogP contribution in [0.4, 0.5) is 0 Å². The summed E-state index contributed by atoms with van der Waals surface area (Å²) < 4.78 is 0. The van der Waals surface area contributed by atoms with E-state index in [4.69, 9.17) is 0 Å². The van der Waals surface area contributed by atoms with Crippen molar-refractivity contribution in [1.29, 1.82) is 0 Å². The van der Waals surface area contributed by atoms with Crippen LogP contribution in [0.3, 0.4) is 0 Å². The molecule has 0 aliphatic carbocycles. The third-order valence-electron chi connectivity index (χ3n) is 2.74. The molecular formula is C15H10NOW-. The Kier molecular flexibility index (Phi) is 3.78. The van der Waals surface area contributed by atoms with Crippen molar-refractivity contribution in [2.75, 3.05) is 0 Å². The third-order valence-corrected chi connectivity index (χ3v) is 2.74. The zero-order valence-electron chi connectivity index (χ0n) is 9.51. The van der Waals surface area contributed by atoms with Gasteiger partial charge in [-0.1, -0.05) is 12.1 Å². The molecule has 0 fully saturated rings. The number of hydrogen-bond donors (Lipinski definition) is 1. The van der Waals surface area contributed by atoms with E-state index in [1.807, 2.05) is 48.5 Å². The first kappa shape index (κ1) is 12.8. The number of benzene rings is 2. The summed E-state index contributed by atoms with van der Waals surface area (Å²) in [4.78, 5) is 15.2. The minimum Gasteiger partial charge on any atom is -0.394 e. The van der Waals surface area contributed by atoms with Crippen LogP contribution in [0.25, 0.3) is 22.2 Å². The number of fused-ring (bicyclic) bond motifs is 1. The number of para-hydroxylation sites is 1. The second-order valence-corrected chi connectivity index (χ2v) is 3.87. The Labute approximate surface area is 119 Å². The van der Waals surface area contributed by atoms with Crippen molar-refractivity contribution in [3.63, 3.8) is 0 Å². The van der Waals surface area contributed by atoms with Gasteiger partial charge >= 0.3 is 0 Å². The van der Waals surface area contributed by atoms with E-state index in [1.165, 1.54) is 0 Å². The van der Waals surface area contributed by atoms with Gasteiger partial charge in [-0.05, 0) is 23.9 Å². The summed E-state index contributed by atoms with van der Waals surface area (Å²) in [7, 11) is 0. The topological polar surface area (TPSA) is 32.9 Å². The van der Waals surface area contributed by atoms with Crippen molar-refractivity contribution >= 4 is 10.9 Å². The first-order chi connectivity index (χ1) is 8.34. The summed E-state index contributed by atoms with van der Waals surface area (Å²) >= 11 is 0. The molecule has 1 aromatic heterocycles. The standard InChI is InChI=1S/C15H10NO.W/c17-15-10-14(11-6-2-1-3-7-11)16-13-9-5-4-8-12(13)15;/h1-6,8-10H,(H,16,17);/q-1;. The maximum Gasteiger partial charge on any atom is 0.180 e. The van der Waals surface area contributed by atoms with Gasteiger partial charge in [0.25, 0.3) is 0 Å². The fraction of sp³-hybridized carbons (Fsp3) is 0. The average Bonchev–Trinajstić information content (AvgIpc) is 2.40. The van der Waals surface area contributed by atoms with Gasteiger partial charge in [-0.3, -0.25) is 4.79 Å². The van der Waals surface area contributed by atoms with Crippen LogP contribution in [-0.2, 0) is 21.1 Å². The molecule has 0 aliphatic heterocycles. The maximum atomic E-state index is 11.9. The molecule has 0 spiro atoms. The van der Waals surface area contributed by atoms with Crippen molar-refractivity contribution in [2.45, 2.75) is 0 Å². The number of pyridine rings is 1. The molecule has 3 heteroatoms. The molecular weight excluding hydrogens is 394 g/mol. The van der Waals surface area contributed by atoms with Crippen LogP contribution in [0, 0.1) is 6.07 Å². The van der Waals surface area contributed by atoms with Crippen LogP contribution in [0.2, 0.25) is 0 Å². The maximum absolute atomic E-state index is 11.9. The number of rotatable bonds is 1. The van der Waals surface area contributed by atoms with Gasteiger partial charge in [0.2, 0.25) is 0 Å². The van der Waals surface area contributed by atoms with Crippen LogP contribution in [0.15, 0.2) is 59.4 Å². The summed E-state index contributed by atoms with van der Waals surface area (Å²) in [5, 5.41) is 0.715. The summed E-state index contributed by atoms with van der Waals surface area (Å²) in [6.07, 6.45) is 0. The van der Waals surface area contributed by atoms with E-state index in [9.17, 15) is 4.79 Å². The average molecular weight is 404 g/mol. The first-order valence-corrected chi connectivity index (χ1v) is 5.44. The molecule has 18 heavy (non-hydrogen) atoms. The zero-order valence-corrected chi connectivity index (χ0v) is 12.4. The van der Waals surface area contributed by atoms with E-state index < -0.39 is 0 Å². The van der Waals surface area contributed by atoms with Gasteiger partial charge in [-0.15, -0.1) is 35.9 Å². The number of H-pyrrole nitrogens is 1. The fourth-order valence-electron chi connectivity index (χ4n) is 1.90. The molecule has 2 nitrogen and oxygen atoms in total. The van der Waals surface area contributed by atoms with E-state index >= 15 is 0 Å². The molecule has 3 aromatic rings. The minimum absolute atomic E-state index is 0. The molecule has 3 rings (SSSR count). The monoisotopic (exact) mass is 404 g/mol. The van der Waals surface area contributed by atoms with E-state index in [-0.39, 0.29) is 26.5 Å². The van der Waals surface area contributed by atoms with E-state index in [0.29, 0.717) is 5.39 Å². The molecule has 1 heterocycles. The van der Waals surface area contributed by atoms with Crippen LogP contribution < -0.4 is 5.43 Å². The van der Waals surface area contributed by atoms with Crippen LogP contribution in [0.5, 0.6) is 0 Å². The minimum atomic E-state index is 0. The van der Waals surface area contributed by atoms with Crippen molar-refractivity contribution in [3.05, 3.63) is 70.9 Å². The number of nitrogens with one attached hydrogen (secondary N) is 1. The molecule has 2 aromatic carbocycles. The zero-order chi connectivity index (χ0) is 11.7. The third kappa shape index (κ3) is 2.30. The molecule has 0 amide bonds. The summed E-state index contributed by atoms with van der Waals surface area (Å²) in [5.74, 6) is 0. The van der Waals surface area contributed by atoms with Gasteiger partial charge in [-0.25, -0.2) is 0 Å². The van der Waals surface area contributed by atoms with Crippen molar-refractivity contribution < 1.29 is 21.1 Å². The largest absolute Gasteiger partial charge is 0.394 e. The summed E-state index contributed by atoms with van der Waals surface area (Å²) in [6, 6.07) is 19.8. The van der Waals surface area contributed by atoms with Crippen LogP contribution in [-0.4, -0.2) is 4.98 Å². The van der Waals surface area contributed by atoms with Gasteiger partial charge in [0, 0.05) is 32.0 Å². The van der Waals surface area contributed by atoms with E-state index in [2.05, 4.69) is 11.1 Å². The van der Waals surface area contributed by atoms with Gasteiger partial charge in [0.15, 0.2) is 5.43 Å². The van der Waals surface area contributed by atoms with E-state index in [0.717, 1.165) is 16.8 Å². The van der Waals surface area contributed by atoms with Crippen molar-refractivity contribution in [1.82, 2.24) is 4.98 Å². The van der Waals surface area contributed by atoms with Crippen LogP contribution >= 0.6 is 0 Å². The smallest absolute Gasteiger partial charge is 0.180 e. The Morgan fingerprint density at radius 1 is 1.00 bits per heavy atom. The Hall–Kier alpha value is -1.66. The SMILES string of the molecule is O=c1cc(-c2[c-]cccc2)[nH]c2ccccc12.[W]. The Morgan fingerprint density at radius 2 is 1.78 bits per heavy atom. The summed E-state index contributed by atoms with van der Waals surface area (Å²) in [5.41, 5.74) is 2.59. The molecule has 0 bridgehead atoms. The quantitative estimate of drug-likeness (QED) is 0.622. The molecule has 0 aliphatic rings. The Morgan fingerprint density at radius 3 is 2.56 bits per heavy atom. The van der Waals surface area contributed by atoms with E-state index in [1.54, 1.807) is 6.07 Å². The normalized spacial score (nSPS) is 10.0. The second-order valence-electron chi connectivity index (χ2n) is 3.87. The number of hydrogen-bond acceptors (Lipinski definition) is 1. The van der Waals surface area contributed by atoms with Gasteiger partial charge in [-0.2, -0.15) is 0 Å². The van der Waals surface area contributed by atoms with Gasteiger partial charge < -0.3 is 4.98 Å². The predicted octanol–water partition coefficient (Wildman–Crippen LogP) is 2.99. The molecule has 88 valence electrons. The Bertz CT molecular complexity index is 719. The molecule has 0 saturated carbocycles. The molecule has 1 N–H and O–H groups in total. The molecule has 0 atom stereocenters. The van der Waals surface area contributed by atoms with Gasteiger partial charge in [0.1, 0.15) is 0 Å². The number of aromatic nitrogens is 1. The second kappa shape index (κ2) is 5.32. The van der Waals surface area contributed by atoms with Crippen molar-refractivity contribution in [2.24, 2.45) is 0 Å². The molecule has 0 unspecified atom stereocenters. The first-order valence-electron chi connectivity index (χ1n) is 5.44. The Balaban J connectivity index is 0.00000120. The predicted molar refractivity (Wildman–Crippen MR) is 68.8 cm³/mol. The van der Waals surface area contributed by atoms with Crippen molar-refractivity contribution in [3.8, 4) is 11.3 Å². The summed E-state index contributed by atoms with van der Waals surface area (Å²) in [6.45, 7) is 0. The number of aromatic amines is 1. The molecule has 0 saturated heterocycles. The fourth-order valence-corrected chi connectivity index (χ4v) is 1.90. The van der Waals surface area contributed by atoms with Gasteiger partial charge in [0.05, 0.1) is 0 Å².